The maximum absolute atomic E-state index is 12.6. The van der Waals surface area contributed by atoms with Crippen molar-refractivity contribution < 1.29 is 8.42 Å². The molecule has 0 saturated heterocycles. The molecule has 1 saturated carbocycles. The maximum Gasteiger partial charge on any atom is 0.154 e. The zero-order chi connectivity index (χ0) is 14.6. The van der Waals surface area contributed by atoms with Crippen LogP contribution in [0.5, 0.6) is 0 Å². The Morgan fingerprint density at radius 1 is 1.16 bits per heavy atom. The number of sulfone groups is 1. The zero-order valence-corrected chi connectivity index (χ0v) is 14.0. The molecule has 0 bridgehead atoms. The summed E-state index contributed by atoms with van der Waals surface area (Å²) >= 11 is 0. The van der Waals surface area contributed by atoms with Crippen LogP contribution in [-0.4, -0.2) is 32.0 Å². The Morgan fingerprint density at radius 3 is 2.26 bits per heavy atom. The van der Waals surface area contributed by atoms with E-state index in [2.05, 4.69) is 26.1 Å². The highest BCUT2D eigenvalue weighted by atomic mass is 32.2. The van der Waals surface area contributed by atoms with Gasteiger partial charge >= 0.3 is 0 Å². The number of hydrogen-bond acceptors (Lipinski definition) is 3. The molecule has 0 aromatic heterocycles. The third-order valence-corrected chi connectivity index (χ3v) is 6.84. The van der Waals surface area contributed by atoms with Crippen molar-refractivity contribution >= 4 is 9.84 Å². The Morgan fingerprint density at radius 2 is 1.79 bits per heavy atom. The summed E-state index contributed by atoms with van der Waals surface area (Å²) in [4.78, 5) is 0. The standard InChI is InChI=1S/C15H31NO2S/c1-6-16-14-8-7-13(12(4)5)9-15(14)19(17,18)10-11(2)3/h11-16H,6-10H2,1-5H3. The fourth-order valence-electron chi connectivity index (χ4n) is 3.25. The Bertz CT molecular complexity index is 362. The number of rotatable bonds is 6. The van der Waals surface area contributed by atoms with Gasteiger partial charge in [0.25, 0.3) is 0 Å². The Labute approximate surface area is 119 Å². The molecule has 3 nitrogen and oxygen atoms in total. The minimum atomic E-state index is -2.98. The Hall–Kier alpha value is -0.0900. The predicted molar refractivity (Wildman–Crippen MR) is 82.1 cm³/mol. The average Bonchev–Trinajstić information content (AvgIpc) is 2.27. The molecule has 3 atom stereocenters. The lowest BCUT2D eigenvalue weighted by atomic mass is 9.79. The third kappa shape index (κ3) is 4.75. The van der Waals surface area contributed by atoms with Crippen molar-refractivity contribution in [1.82, 2.24) is 5.32 Å². The van der Waals surface area contributed by atoms with Gasteiger partial charge in [0.05, 0.1) is 11.0 Å². The van der Waals surface area contributed by atoms with Crippen LogP contribution >= 0.6 is 0 Å². The predicted octanol–water partition coefficient (Wildman–Crippen LogP) is 2.86. The van der Waals surface area contributed by atoms with Gasteiger partial charge in [-0.3, -0.25) is 0 Å². The van der Waals surface area contributed by atoms with Crippen molar-refractivity contribution in [2.24, 2.45) is 17.8 Å². The molecule has 114 valence electrons. The van der Waals surface area contributed by atoms with Gasteiger partial charge < -0.3 is 5.32 Å². The van der Waals surface area contributed by atoms with E-state index < -0.39 is 9.84 Å². The second-order valence-electron chi connectivity index (χ2n) is 6.74. The third-order valence-electron chi connectivity index (χ3n) is 4.27. The van der Waals surface area contributed by atoms with Crippen molar-refractivity contribution in [2.75, 3.05) is 12.3 Å². The highest BCUT2D eigenvalue weighted by Crippen LogP contribution is 2.34. The quantitative estimate of drug-likeness (QED) is 0.818. The topological polar surface area (TPSA) is 46.2 Å². The van der Waals surface area contributed by atoms with Crippen LogP contribution in [0.15, 0.2) is 0 Å². The van der Waals surface area contributed by atoms with Gasteiger partial charge in [0.2, 0.25) is 0 Å². The summed E-state index contributed by atoms with van der Waals surface area (Å²) in [5, 5.41) is 3.21. The van der Waals surface area contributed by atoms with Crippen LogP contribution in [0.4, 0.5) is 0 Å². The number of hydrogen-bond donors (Lipinski definition) is 1. The van der Waals surface area contributed by atoms with Gasteiger partial charge in [-0.1, -0.05) is 34.6 Å². The lowest BCUT2D eigenvalue weighted by molar-refractivity contribution is 0.242. The lowest BCUT2D eigenvalue weighted by Crippen LogP contribution is -2.49. The summed E-state index contributed by atoms with van der Waals surface area (Å²) in [5.41, 5.74) is 0. The molecule has 0 aliphatic heterocycles. The van der Waals surface area contributed by atoms with Crippen LogP contribution in [-0.2, 0) is 9.84 Å². The summed E-state index contributed by atoms with van der Waals surface area (Å²) in [7, 11) is -2.98. The monoisotopic (exact) mass is 289 g/mol. The Kier molecular flexibility index (Phi) is 6.31. The first kappa shape index (κ1) is 17.0. The van der Waals surface area contributed by atoms with E-state index in [1.807, 2.05) is 13.8 Å². The van der Waals surface area contributed by atoms with Crippen molar-refractivity contribution in [2.45, 2.75) is 65.2 Å². The SMILES string of the molecule is CCNC1CCC(C(C)C)CC1S(=O)(=O)CC(C)C. The minimum absolute atomic E-state index is 0.156. The minimum Gasteiger partial charge on any atom is -0.313 e. The van der Waals surface area contributed by atoms with E-state index >= 15 is 0 Å². The van der Waals surface area contributed by atoms with Crippen molar-refractivity contribution in [3.63, 3.8) is 0 Å². The van der Waals surface area contributed by atoms with Gasteiger partial charge in [0.1, 0.15) is 0 Å². The zero-order valence-electron chi connectivity index (χ0n) is 13.1. The first-order valence-corrected chi connectivity index (χ1v) is 9.44. The molecule has 1 rings (SSSR count). The lowest BCUT2D eigenvalue weighted by Gasteiger charge is -2.38. The summed E-state index contributed by atoms with van der Waals surface area (Å²) in [6, 6.07) is 0.156. The van der Waals surface area contributed by atoms with E-state index in [0.29, 0.717) is 17.6 Å². The molecule has 3 unspecified atom stereocenters. The fraction of sp³-hybridized carbons (Fsp3) is 1.00. The molecule has 0 radical (unpaired) electrons. The molecule has 1 fully saturated rings. The first-order chi connectivity index (χ1) is 8.77. The highest BCUT2D eigenvalue weighted by molar-refractivity contribution is 7.92. The highest BCUT2D eigenvalue weighted by Gasteiger charge is 2.39. The largest absolute Gasteiger partial charge is 0.313 e. The summed E-state index contributed by atoms with van der Waals surface area (Å²) in [6.07, 6.45) is 2.99. The van der Waals surface area contributed by atoms with Gasteiger partial charge in [-0.25, -0.2) is 8.42 Å². The molecule has 1 N–H and O–H groups in total. The van der Waals surface area contributed by atoms with E-state index in [9.17, 15) is 8.42 Å². The Balaban J connectivity index is 2.87. The molecular formula is C15H31NO2S. The normalized spacial score (nSPS) is 29.1. The van der Waals surface area contributed by atoms with E-state index in [-0.39, 0.29) is 17.2 Å². The van der Waals surface area contributed by atoms with Crippen LogP contribution in [0.1, 0.15) is 53.9 Å². The van der Waals surface area contributed by atoms with Crippen LogP contribution in [0.25, 0.3) is 0 Å². The van der Waals surface area contributed by atoms with Crippen LogP contribution < -0.4 is 5.32 Å². The van der Waals surface area contributed by atoms with Gasteiger partial charge in [-0.15, -0.1) is 0 Å². The van der Waals surface area contributed by atoms with Crippen molar-refractivity contribution in [3.05, 3.63) is 0 Å². The van der Waals surface area contributed by atoms with Gasteiger partial charge in [-0.2, -0.15) is 0 Å². The van der Waals surface area contributed by atoms with Crippen molar-refractivity contribution in [3.8, 4) is 0 Å². The van der Waals surface area contributed by atoms with E-state index in [0.717, 1.165) is 25.8 Å². The van der Waals surface area contributed by atoms with E-state index in [1.165, 1.54) is 0 Å². The second kappa shape index (κ2) is 7.07. The van der Waals surface area contributed by atoms with Crippen LogP contribution in [0, 0.1) is 17.8 Å². The van der Waals surface area contributed by atoms with Crippen molar-refractivity contribution in [1.29, 1.82) is 0 Å². The molecule has 1 aliphatic carbocycles. The molecule has 1 aliphatic rings. The first-order valence-electron chi connectivity index (χ1n) is 7.72. The molecular weight excluding hydrogens is 258 g/mol. The number of nitrogens with one attached hydrogen (secondary N) is 1. The maximum atomic E-state index is 12.6. The molecule has 0 aromatic rings. The molecule has 19 heavy (non-hydrogen) atoms. The summed E-state index contributed by atoms with van der Waals surface area (Å²) in [5.74, 6) is 1.68. The molecule has 4 heteroatoms. The molecule has 0 aromatic carbocycles. The molecule has 0 spiro atoms. The van der Waals surface area contributed by atoms with E-state index in [4.69, 9.17) is 0 Å². The van der Waals surface area contributed by atoms with Crippen LogP contribution in [0.3, 0.4) is 0 Å². The fourth-order valence-corrected chi connectivity index (χ4v) is 5.70. The summed E-state index contributed by atoms with van der Waals surface area (Å²) in [6.45, 7) is 11.3. The molecule has 0 heterocycles. The van der Waals surface area contributed by atoms with Gasteiger partial charge in [-0.05, 0) is 43.6 Å². The average molecular weight is 289 g/mol. The second-order valence-corrected chi connectivity index (χ2v) is 9.01. The summed E-state index contributed by atoms with van der Waals surface area (Å²) < 4.78 is 25.2. The van der Waals surface area contributed by atoms with E-state index in [1.54, 1.807) is 0 Å². The smallest absolute Gasteiger partial charge is 0.154 e. The molecule has 0 amide bonds. The van der Waals surface area contributed by atoms with Crippen LogP contribution in [0.2, 0.25) is 0 Å². The van der Waals surface area contributed by atoms with Gasteiger partial charge in [0.15, 0.2) is 9.84 Å². The van der Waals surface area contributed by atoms with Gasteiger partial charge in [0, 0.05) is 6.04 Å².